The zero-order valence-corrected chi connectivity index (χ0v) is 12.4. The monoisotopic (exact) mass is 299 g/mol. The van der Waals surface area contributed by atoms with E-state index in [9.17, 15) is 8.42 Å². The molecule has 0 aromatic carbocycles. The fourth-order valence-electron chi connectivity index (χ4n) is 3.74. The van der Waals surface area contributed by atoms with Crippen LogP contribution in [-0.4, -0.2) is 35.5 Å². The fourth-order valence-corrected chi connectivity index (χ4v) is 5.18. The maximum atomic E-state index is 12.5. The Morgan fingerprint density at radius 1 is 1.35 bits per heavy atom. The van der Waals surface area contributed by atoms with E-state index in [1.54, 1.807) is 7.05 Å². The third kappa shape index (κ3) is 2.47. The minimum Gasteiger partial charge on any atom is -0.328 e. The summed E-state index contributed by atoms with van der Waals surface area (Å²) in [5, 5.41) is 7.44. The third-order valence-electron chi connectivity index (χ3n) is 4.62. The summed E-state index contributed by atoms with van der Waals surface area (Å²) in [7, 11) is -1.98. The second-order valence-corrected chi connectivity index (χ2v) is 7.69. The highest BCUT2D eigenvalue weighted by Gasteiger charge is 2.41. The number of aryl methyl sites for hydroxylation is 1. The maximum absolute atomic E-state index is 12.5. The molecule has 2 aliphatic carbocycles. The molecule has 3 N–H and O–H groups in total. The molecule has 2 bridgehead atoms. The van der Waals surface area contributed by atoms with Gasteiger partial charge in [-0.1, -0.05) is 11.6 Å². The first-order valence-electron chi connectivity index (χ1n) is 7.10. The van der Waals surface area contributed by atoms with Gasteiger partial charge in [-0.2, -0.15) is 0 Å². The van der Waals surface area contributed by atoms with E-state index in [1.807, 2.05) is 0 Å². The van der Waals surface area contributed by atoms with Gasteiger partial charge in [0.1, 0.15) is 0 Å². The molecule has 20 heavy (non-hydrogen) atoms. The van der Waals surface area contributed by atoms with Gasteiger partial charge in [0.25, 0.3) is 10.0 Å². The van der Waals surface area contributed by atoms with Crippen LogP contribution in [0.25, 0.3) is 0 Å². The van der Waals surface area contributed by atoms with Gasteiger partial charge in [-0.05, 0) is 37.5 Å². The van der Waals surface area contributed by atoms with Crippen molar-refractivity contribution in [3.05, 3.63) is 6.20 Å². The second kappa shape index (κ2) is 5.09. The number of sulfonamides is 1. The molecule has 0 radical (unpaired) electrons. The molecule has 2 unspecified atom stereocenters. The van der Waals surface area contributed by atoms with E-state index in [-0.39, 0.29) is 17.1 Å². The van der Waals surface area contributed by atoms with Crippen LogP contribution in [0.4, 0.5) is 0 Å². The number of nitrogens with zero attached hydrogens (tertiary/aromatic N) is 3. The van der Waals surface area contributed by atoms with E-state index in [4.69, 9.17) is 5.73 Å². The van der Waals surface area contributed by atoms with Crippen LogP contribution < -0.4 is 10.5 Å². The van der Waals surface area contributed by atoms with Gasteiger partial charge in [-0.15, -0.1) is 5.10 Å². The van der Waals surface area contributed by atoms with Crippen LogP contribution in [-0.2, 0) is 17.1 Å². The molecule has 0 saturated heterocycles. The van der Waals surface area contributed by atoms with Gasteiger partial charge in [0.05, 0.1) is 6.20 Å². The van der Waals surface area contributed by atoms with Crippen molar-refractivity contribution in [2.75, 3.05) is 0 Å². The summed E-state index contributed by atoms with van der Waals surface area (Å²) in [6, 6.07) is 0.216. The van der Waals surface area contributed by atoms with Gasteiger partial charge in [0, 0.05) is 19.1 Å². The van der Waals surface area contributed by atoms with Crippen molar-refractivity contribution >= 4 is 10.0 Å². The molecule has 1 aromatic rings. The number of rotatable bonds is 3. The number of nitrogens with one attached hydrogen (secondary N) is 1. The SMILES string of the molecule is Cn1nncc1S(=O)(=O)NC1C2CCCC1CC(N)C2. The molecule has 2 fully saturated rings. The Hall–Kier alpha value is -0.990. The molecule has 112 valence electrons. The van der Waals surface area contributed by atoms with Crippen LogP contribution in [0.5, 0.6) is 0 Å². The van der Waals surface area contributed by atoms with Gasteiger partial charge in [0.15, 0.2) is 5.03 Å². The lowest BCUT2D eigenvalue weighted by Crippen LogP contribution is -2.53. The van der Waals surface area contributed by atoms with E-state index in [2.05, 4.69) is 15.0 Å². The molecule has 8 heteroatoms. The van der Waals surface area contributed by atoms with Crippen molar-refractivity contribution in [1.29, 1.82) is 0 Å². The Morgan fingerprint density at radius 2 is 2.00 bits per heavy atom. The van der Waals surface area contributed by atoms with Crippen molar-refractivity contribution in [1.82, 2.24) is 19.7 Å². The second-order valence-electron chi connectivity index (χ2n) is 6.03. The van der Waals surface area contributed by atoms with Crippen molar-refractivity contribution in [3.63, 3.8) is 0 Å². The summed E-state index contributed by atoms with van der Waals surface area (Å²) < 4.78 is 29.1. The van der Waals surface area contributed by atoms with E-state index in [0.29, 0.717) is 11.8 Å². The summed E-state index contributed by atoms with van der Waals surface area (Å²) in [5.74, 6) is 0.710. The molecule has 2 saturated carbocycles. The van der Waals surface area contributed by atoms with Gasteiger partial charge < -0.3 is 5.73 Å². The number of nitrogens with two attached hydrogens (primary N) is 1. The first kappa shape index (κ1) is 14.0. The van der Waals surface area contributed by atoms with Crippen LogP contribution in [0, 0.1) is 11.8 Å². The van der Waals surface area contributed by atoms with Gasteiger partial charge in [-0.3, -0.25) is 0 Å². The third-order valence-corrected chi connectivity index (χ3v) is 6.12. The summed E-state index contributed by atoms with van der Waals surface area (Å²) in [6.45, 7) is 0. The summed E-state index contributed by atoms with van der Waals surface area (Å²) in [4.78, 5) is 0. The van der Waals surface area contributed by atoms with E-state index >= 15 is 0 Å². The van der Waals surface area contributed by atoms with Gasteiger partial charge >= 0.3 is 0 Å². The Morgan fingerprint density at radius 3 is 2.55 bits per heavy atom. The molecule has 0 spiro atoms. The normalized spacial score (nSPS) is 34.1. The Bertz CT molecular complexity index is 570. The van der Waals surface area contributed by atoms with Crippen molar-refractivity contribution in [2.45, 2.75) is 49.2 Å². The van der Waals surface area contributed by atoms with Crippen LogP contribution in [0.2, 0.25) is 0 Å². The van der Waals surface area contributed by atoms with Crippen LogP contribution in [0.15, 0.2) is 11.2 Å². The Labute approximate surface area is 119 Å². The zero-order chi connectivity index (χ0) is 14.3. The first-order chi connectivity index (χ1) is 9.47. The number of aromatic nitrogens is 3. The molecule has 2 aliphatic rings. The van der Waals surface area contributed by atoms with Crippen molar-refractivity contribution in [3.8, 4) is 0 Å². The molecule has 2 atom stereocenters. The van der Waals surface area contributed by atoms with Crippen LogP contribution in [0.3, 0.4) is 0 Å². The van der Waals surface area contributed by atoms with Crippen molar-refractivity contribution < 1.29 is 8.42 Å². The molecule has 1 heterocycles. The average molecular weight is 299 g/mol. The minimum atomic E-state index is -3.56. The molecule has 3 rings (SSSR count). The number of hydrogen-bond donors (Lipinski definition) is 2. The quantitative estimate of drug-likeness (QED) is 0.817. The molecular formula is C12H21N5O2S. The van der Waals surface area contributed by atoms with Crippen molar-refractivity contribution in [2.24, 2.45) is 24.6 Å². The van der Waals surface area contributed by atoms with Crippen LogP contribution in [0.1, 0.15) is 32.1 Å². The first-order valence-corrected chi connectivity index (χ1v) is 8.58. The molecule has 1 aromatic heterocycles. The number of hydrogen-bond acceptors (Lipinski definition) is 5. The lowest BCUT2D eigenvalue weighted by atomic mass is 9.67. The molecular weight excluding hydrogens is 278 g/mol. The predicted octanol–water partition coefficient (Wildman–Crippen LogP) is -0.000600. The van der Waals surface area contributed by atoms with E-state index in [0.717, 1.165) is 25.7 Å². The standard InChI is InChI=1S/C12H21N5O2S/c1-17-11(7-14-16-17)20(18,19)15-12-8-3-2-4-9(12)6-10(13)5-8/h7-10,12,15H,2-6,13H2,1H3. The largest absolute Gasteiger partial charge is 0.328 e. The summed E-state index contributed by atoms with van der Waals surface area (Å²) in [5.41, 5.74) is 6.07. The molecule has 0 amide bonds. The predicted molar refractivity (Wildman–Crippen MR) is 73.2 cm³/mol. The topological polar surface area (TPSA) is 103 Å². The van der Waals surface area contributed by atoms with Gasteiger partial charge in [-0.25, -0.2) is 17.8 Å². The molecule has 7 nitrogen and oxygen atoms in total. The zero-order valence-electron chi connectivity index (χ0n) is 11.6. The van der Waals surface area contributed by atoms with Gasteiger partial charge in [0.2, 0.25) is 0 Å². The highest BCUT2D eigenvalue weighted by molar-refractivity contribution is 7.89. The smallest absolute Gasteiger partial charge is 0.259 e. The van der Waals surface area contributed by atoms with Crippen LogP contribution >= 0.6 is 0 Å². The summed E-state index contributed by atoms with van der Waals surface area (Å²) >= 11 is 0. The lowest BCUT2D eigenvalue weighted by molar-refractivity contribution is 0.125. The highest BCUT2D eigenvalue weighted by atomic mass is 32.2. The molecule has 0 aliphatic heterocycles. The average Bonchev–Trinajstić information content (AvgIpc) is 2.77. The summed E-state index contributed by atoms with van der Waals surface area (Å²) in [6.07, 6.45) is 6.39. The maximum Gasteiger partial charge on any atom is 0.259 e. The lowest BCUT2D eigenvalue weighted by Gasteiger charge is -2.44. The van der Waals surface area contributed by atoms with E-state index in [1.165, 1.54) is 17.3 Å². The Balaban J connectivity index is 1.82. The fraction of sp³-hybridized carbons (Fsp3) is 0.833. The highest BCUT2D eigenvalue weighted by Crippen LogP contribution is 2.40. The Kier molecular flexibility index (Phi) is 3.55. The van der Waals surface area contributed by atoms with E-state index < -0.39 is 10.0 Å². The minimum absolute atomic E-state index is 0.00319. The number of fused-ring (bicyclic) bond motifs is 2.